The quantitative estimate of drug-likeness (QED) is 0.462. The summed E-state index contributed by atoms with van der Waals surface area (Å²) in [4.78, 5) is 21.0. The maximum Gasteiger partial charge on any atom is 0.263 e. The van der Waals surface area contributed by atoms with Crippen molar-refractivity contribution < 1.29 is 13.2 Å². The average Bonchev–Trinajstić information content (AvgIpc) is 3.35. The normalized spacial score (nSPS) is 15.3. The minimum absolute atomic E-state index is 0.169. The number of amides is 1. The van der Waals surface area contributed by atoms with Crippen LogP contribution in [0.4, 0.5) is 0 Å². The lowest BCUT2D eigenvalue weighted by molar-refractivity contribution is -0.119. The number of carbonyl (C=O) groups excluding carboxylic acids is 1. The van der Waals surface area contributed by atoms with E-state index in [4.69, 9.17) is 0 Å². The lowest BCUT2D eigenvalue weighted by Crippen LogP contribution is -2.28. The second-order valence-electron chi connectivity index (χ2n) is 7.72. The molecular weight excluding hydrogens is 438 g/mol. The Morgan fingerprint density at radius 2 is 1.70 bits per heavy atom. The number of carbonyl (C=O) groups is 1. The summed E-state index contributed by atoms with van der Waals surface area (Å²) in [6, 6.07) is 22.6. The molecule has 0 bridgehead atoms. The summed E-state index contributed by atoms with van der Waals surface area (Å²) in [5.74, 6) is -0.0998. The standard InChI is InChI=1S/C24H21N5O3S/c30-23(14-26-24-19-5-1-4-8-22(19)33(31,32)28-24)25-13-17-9-11-18(12-10-17)15-29-16-27-20-6-2-3-7-21(20)29/h1-12,16H,13-15H2,(H,25,30)(H,26,28). The number of aliphatic imine (C=N–C) groups is 1. The Morgan fingerprint density at radius 1 is 0.970 bits per heavy atom. The molecule has 1 amide bonds. The Balaban J connectivity index is 1.17. The zero-order valence-electron chi connectivity index (χ0n) is 17.6. The van der Waals surface area contributed by atoms with E-state index in [1.165, 1.54) is 6.07 Å². The van der Waals surface area contributed by atoms with Gasteiger partial charge in [-0.05, 0) is 35.4 Å². The van der Waals surface area contributed by atoms with Gasteiger partial charge in [-0.3, -0.25) is 14.5 Å². The molecule has 2 N–H and O–H groups in total. The molecule has 4 aromatic rings. The van der Waals surface area contributed by atoms with Crippen molar-refractivity contribution >= 4 is 32.8 Å². The molecule has 166 valence electrons. The third-order valence-electron chi connectivity index (χ3n) is 5.44. The van der Waals surface area contributed by atoms with Crippen LogP contribution in [-0.2, 0) is 27.9 Å². The number of fused-ring (bicyclic) bond motifs is 2. The van der Waals surface area contributed by atoms with Crippen molar-refractivity contribution in [1.82, 2.24) is 19.6 Å². The van der Waals surface area contributed by atoms with Crippen molar-refractivity contribution in [2.45, 2.75) is 18.0 Å². The largest absolute Gasteiger partial charge is 0.350 e. The molecule has 9 heteroatoms. The highest BCUT2D eigenvalue weighted by molar-refractivity contribution is 7.90. The molecular formula is C24H21N5O3S. The van der Waals surface area contributed by atoms with E-state index < -0.39 is 10.0 Å². The predicted molar refractivity (Wildman–Crippen MR) is 125 cm³/mol. The van der Waals surface area contributed by atoms with Gasteiger partial charge in [0.05, 0.1) is 22.3 Å². The molecule has 5 rings (SSSR count). The van der Waals surface area contributed by atoms with E-state index in [2.05, 4.69) is 24.6 Å². The van der Waals surface area contributed by atoms with E-state index in [9.17, 15) is 13.2 Å². The highest BCUT2D eigenvalue weighted by Crippen LogP contribution is 2.22. The molecule has 3 aromatic carbocycles. The van der Waals surface area contributed by atoms with Crippen molar-refractivity contribution in [3.05, 3.63) is 95.8 Å². The van der Waals surface area contributed by atoms with Crippen molar-refractivity contribution in [1.29, 1.82) is 0 Å². The first-order valence-corrected chi connectivity index (χ1v) is 11.9. The minimum atomic E-state index is -3.61. The Kier molecular flexibility index (Phi) is 5.39. The van der Waals surface area contributed by atoms with Gasteiger partial charge >= 0.3 is 0 Å². The first-order valence-electron chi connectivity index (χ1n) is 10.4. The summed E-state index contributed by atoms with van der Waals surface area (Å²) in [7, 11) is -3.61. The van der Waals surface area contributed by atoms with Gasteiger partial charge in [-0.1, -0.05) is 48.5 Å². The first-order chi connectivity index (χ1) is 16.0. The molecule has 1 aliphatic heterocycles. The number of hydrogen-bond acceptors (Lipinski definition) is 5. The zero-order chi connectivity index (χ0) is 22.8. The summed E-state index contributed by atoms with van der Waals surface area (Å²) in [6.45, 7) is 0.903. The van der Waals surface area contributed by atoms with Crippen LogP contribution in [0.5, 0.6) is 0 Å². The number of aromatic nitrogens is 2. The number of sulfonamides is 1. The molecule has 0 saturated carbocycles. The first kappa shape index (κ1) is 20.9. The number of nitrogens with one attached hydrogen (secondary N) is 2. The van der Waals surface area contributed by atoms with Crippen LogP contribution in [-0.4, -0.2) is 36.3 Å². The molecule has 0 aliphatic carbocycles. The number of rotatable bonds is 6. The molecule has 33 heavy (non-hydrogen) atoms. The fourth-order valence-corrected chi connectivity index (χ4v) is 5.01. The molecule has 0 atom stereocenters. The van der Waals surface area contributed by atoms with Gasteiger partial charge in [-0.25, -0.2) is 13.4 Å². The van der Waals surface area contributed by atoms with Gasteiger partial charge in [0.1, 0.15) is 12.4 Å². The van der Waals surface area contributed by atoms with Crippen molar-refractivity contribution in [3.8, 4) is 0 Å². The molecule has 0 radical (unpaired) electrons. The average molecular weight is 460 g/mol. The number of benzene rings is 3. The van der Waals surface area contributed by atoms with Crippen LogP contribution in [0.3, 0.4) is 0 Å². The highest BCUT2D eigenvalue weighted by Gasteiger charge is 2.30. The lowest BCUT2D eigenvalue weighted by Gasteiger charge is -2.07. The number of nitrogens with zero attached hydrogens (tertiary/aromatic N) is 3. The number of hydrogen-bond donors (Lipinski definition) is 2. The van der Waals surface area contributed by atoms with E-state index in [0.717, 1.165) is 22.2 Å². The molecule has 2 heterocycles. The van der Waals surface area contributed by atoms with Crippen LogP contribution < -0.4 is 10.0 Å². The maximum absolute atomic E-state index is 12.2. The monoisotopic (exact) mass is 459 g/mol. The van der Waals surface area contributed by atoms with Gasteiger partial charge < -0.3 is 9.88 Å². The van der Waals surface area contributed by atoms with Crippen LogP contribution in [0.1, 0.15) is 16.7 Å². The van der Waals surface area contributed by atoms with Crippen molar-refractivity contribution in [3.63, 3.8) is 0 Å². The second-order valence-corrected chi connectivity index (χ2v) is 9.37. The molecule has 1 aromatic heterocycles. The topological polar surface area (TPSA) is 105 Å². The molecule has 0 unspecified atom stereocenters. The third-order valence-corrected chi connectivity index (χ3v) is 6.83. The fraction of sp³-hybridized carbons (Fsp3) is 0.125. The van der Waals surface area contributed by atoms with E-state index >= 15 is 0 Å². The van der Waals surface area contributed by atoms with E-state index in [1.807, 2.05) is 54.9 Å². The fourth-order valence-electron chi connectivity index (χ4n) is 3.75. The van der Waals surface area contributed by atoms with Gasteiger partial charge in [0.15, 0.2) is 0 Å². The zero-order valence-corrected chi connectivity index (χ0v) is 18.4. The van der Waals surface area contributed by atoms with E-state index in [1.54, 1.807) is 18.2 Å². The summed E-state index contributed by atoms with van der Waals surface area (Å²) in [6.07, 6.45) is 1.84. The van der Waals surface area contributed by atoms with Gasteiger partial charge in [0, 0.05) is 18.7 Å². The molecule has 0 fully saturated rings. The van der Waals surface area contributed by atoms with Crippen molar-refractivity contribution in [2.75, 3.05) is 6.54 Å². The van der Waals surface area contributed by atoms with Crippen LogP contribution >= 0.6 is 0 Å². The van der Waals surface area contributed by atoms with Crippen LogP contribution in [0, 0.1) is 0 Å². The highest BCUT2D eigenvalue weighted by atomic mass is 32.2. The maximum atomic E-state index is 12.2. The van der Waals surface area contributed by atoms with Gasteiger partial charge in [-0.15, -0.1) is 0 Å². The van der Waals surface area contributed by atoms with Gasteiger partial charge in [-0.2, -0.15) is 0 Å². The van der Waals surface area contributed by atoms with Crippen molar-refractivity contribution in [2.24, 2.45) is 4.99 Å². The Bertz CT molecular complexity index is 1470. The van der Waals surface area contributed by atoms with Gasteiger partial charge in [0.25, 0.3) is 10.0 Å². The van der Waals surface area contributed by atoms with Gasteiger partial charge in [0.2, 0.25) is 5.91 Å². The Hall–Kier alpha value is -3.98. The third kappa shape index (κ3) is 4.35. The summed E-state index contributed by atoms with van der Waals surface area (Å²) >= 11 is 0. The molecule has 1 aliphatic rings. The predicted octanol–water partition coefficient (Wildman–Crippen LogP) is 2.44. The molecule has 0 saturated heterocycles. The van der Waals surface area contributed by atoms with E-state index in [-0.39, 0.29) is 23.2 Å². The summed E-state index contributed by atoms with van der Waals surface area (Å²) in [5, 5.41) is 2.82. The molecule has 0 spiro atoms. The lowest BCUT2D eigenvalue weighted by atomic mass is 10.1. The SMILES string of the molecule is O=C(CN=C1NS(=O)(=O)c2ccccc21)NCc1ccc(Cn2cnc3ccccc32)cc1. The number of imidazole rings is 1. The van der Waals surface area contributed by atoms with E-state index in [0.29, 0.717) is 18.7 Å². The Morgan fingerprint density at radius 3 is 2.55 bits per heavy atom. The number of amidine groups is 1. The number of para-hydroxylation sites is 2. The second kappa shape index (κ2) is 8.51. The minimum Gasteiger partial charge on any atom is -0.350 e. The smallest absolute Gasteiger partial charge is 0.263 e. The van der Waals surface area contributed by atoms with Crippen LogP contribution in [0.2, 0.25) is 0 Å². The van der Waals surface area contributed by atoms with Crippen LogP contribution in [0.15, 0.2) is 89.0 Å². The van der Waals surface area contributed by atoms with Crippen LogP contribution in [0.25, 0.3) is 11.0 Å². The summed E-state index contributed by atoms with van der Waals surface area (Å²) < 4.78 is 28.7. The Labute approximate surface area is 191 Å². The molecule has 8 nitrogen and oxygen atoms in total. The summed E-state index contributed by atoms with van der Waals surface area (Å²) in [5.41, 5.74) is 4.62.